The summed E-state index contributed by atoms with van der Waals surface area (Å²) in [5, 5.41) is 2.97. The molecule has 1 aliphatic heterocycles. The SMILES string of the molecule is NN1C=CS(=O)C1. The number of rotatable bonds is 0. The van der Waals surface area contributed by atoms with Crippen molar-refractivity contribution in [2.24, 2.45) is 5.84 Å². The fourth-order valence-corrected chi connectivity index (χ4v) is 1.14. The molecule has 0 fully saturated rings. The van der Waals surface area contributed by atoms with E-state index in [1.807, 2.05) is 0 Å². The van der Waals surface area contributed by atoms with Crippen molar-refractivity contribution < 1.29 is 4.21 Å². The second-order valence-electron chi connectivity index (χ2n) is 1.31. The third kappa shape index (κ3) is 1.01. The van der Waals surface area contributed by atoms with E-state index in [4.69, 9.17) is 5.84 Å². The van der Waals surface area contributed by atoms with Crippen molar-refractivity contribution in [2.75, 3.05) is 5.88 Å². The summed E-state index contributed by atoms with van der Waals surface area (Å²) in [6.07, 6.45) is 1.61. The Labute approximate surface area is 44.2 Å². The zero-order chi connectivity index (χ0) is 5.28. The molecule has 3 nitrogen and oxygen atoms in total. The zero-order valence-electron chi connectivity index (χ0n) is 3.70. The molecular formula is C3H6N2OS. The van der Waals surface area contributed by atoms with Gasteiger partial charge < -0.3 is 5.01 Å². The van der Waals surface area contributed by atoms with E-state index in [1.165, 1.54) is 5.01 Å². The lowest BCUT2D eigenvalue weighted by Gasteiger charge is -2.01. The molecular weight excluding hydrogens is 112 g/mol. The molecule has 4 heteroatoms. The van der Waals surface area contributed by atoms with E-state index in [2.05, 4.69) is 0 Å². The zero-order valence-corrected chi connectivity index (χ0v) is 4.52. The van der Waals surface area contributed by atoms with Crippen LogP contribution in [0.15, 0.2) is 11.6 Å². The highest BCUT2D eigenvalue weighted by Gasteiger charge is 2.03. The Bertz CT molecular complexity index is 122. The van der Waals surface area contributed by atoms with E-state index < -0.39 is 10.8 Å². The van der Waals surface area contributed by atoms with E-state index in [0.29, 0.717) is 5.88 Å². The first-order chi connectivity index (χ1) is 3.29. The lowest BCUT2D eigenvalue weighted by atomic mass is 11.0. The summed E-state index contributed by atoms with van der Waals surface area (Å²) in [4.78, 5) is 0. The highest BCUT2D eigenvalue weighted by atomic mass is 32.2. The summed E-state index contributed by atoms with van der Waals surface area (Å²) in [6.45, 7) is 0. The minimum absolute atomic E-state index is 0.444. The Morgan fingerprint density at radius 1 is 1.86 bits per heavy atom. The number of nitrogens with two attached hydrogens (primary N) is 1. The quantitative estimate of drug-likeness (QED) is 0.430. The summed E-state index contributed by atoms with van der Waals surface area (Å²) >= 11 is 0. The van der Waals surface area contributed by atoms with Crippen LogP contribution in [0.25, 0.3) is 0 Å². The molecule has 40 valence electrons. The van der Waals surface area contributed by atoms with E-state index in [9.17, 15) is 4.21 Å². The second-order valence-corrected chi connectivity index (χ2v) is 2.60. The molecule has 0 bridgehead atoms. The molecule has 0 aliphatic carbocycles. The first kappa shape index (κ1) is 4.80. The maximum absolute atomic E-state index is 10.4. The second kappa shape index (κ2) is 1.63. The van der Waals surface area contributed by atoms with Gasteiger partial charge in [-0.05, 0) is 0 Å². The van der Waals surface area contributed by atoms with Gasteiger partial charge in [-0.3, -0.25) is 4.21 Å². The van der Waals surface area contributed by atoms with Crippen molar-refractivity contribution in [1.82, 2.24) is 5.01 Å². The van der Waals surface area contributed by atoms with Gasteiger partial charge in [-0.15, -0.1) is 0 Å². The summed E-state index contributed by atoms with van der Waals surface area (Å²) in [7, 11) is -0.833. The van der Waals surface area contributed by atoms with E-state index in [-0.39, 0.29) is 0 Å². The Balaban J connectivity index is 2.58. The predicted octanol–water partition coefficient (Wildman–Crippen LogP) is -0.647. The van der Waals surface area contributed by atoms with Gasteiger partial charge in [0.2, 0.25) is 0 Å². The van der Waals surface area contributed by atoms with Crippen LogP contribution in [-0.2, 0) is 10.8 Å². The average Bonchev–Trinajstić information content (AvgIpc) is 1.87. The Hall–Kier alpha value is -0.350. The third-order valence-corrected chi connectivity index (χ3v) is 1.66. The van der Waals surface area contributed by atoms with Crippen LogP contribution in [0.5, 0.6) is 0 Å². The lowest BCUT2D eigenvalue weighted by molar-refractivity contribution is 0.469. The predicted molar refractivity (Wildman–Crippen MR) is 28.2 cm³/mol. The third-order valence-electron chi connectivity index (χ3n) is 0.680. The molecule has 0 radical (unpaired) electrons. The topological polar surface area (TPSA) is 46.3 Å². The number of hydrogen-bond acceptors (Lipinski definition) is 3. The highest BCUT2D eigenvalue weighted by molar-refractivity contribution is 7.88. The first-order valence-corrected chi connectivity index (χ1v) is 3.24. The normalized spacial score (nSPS) is 29.3. The van der Waals surface area contributed by atoms with Gasteiger partial charge in [0.1, 0.15) is 5.88 Å². The van der Waals surface area contributed by atoms with Crippen molar-refractivity contribution in [3.05, 3.63) is 11.6 Å². The maximum Gasteiger partial charge on any atom is 0.113 e. The molecule has 0 saturated heterocycles. The van der Waals surface area contributed by atoms with Crippen LogP contribution in [0.3, 0.4) is 0 Å². The molecule has 1 aliphatic rings. The van der Waals surface area contributed by atoms with Crippen LogP contribution < -0.4 is 5.84 Å². The Morgan fingerprint density at radius 2 is 2.57 bits per heavy atom. The maximum atomic E-state index is 10.4. The van der Waals surface area contributed by atoms with Gasteiger partial charge in [-0.2, -0.15) is 0 Å². The van der Waals surface area contributed by atoms with Crippen molar-refractivity contribution in [3.8, 4) is 0 Å². The summed E-state index contributed by atoms with van der Waals surface area (Å²) in [6, 6.07) is 0. The molecule has 1 heterocycles. The fourth-order valence-electron chi connectivity index (χ4n) is 0.379. The molecule has 0 amide bonds. The molecule has 7 heavy (non-hydrogen) atoms. The van der Waals surface area contributed by atoms with Gasteiger partial charge >= 0.3 is 0 Å². The summed E-state index contributed by atoms with van der Waals surface area (Å²) in [5.41, 5.74) is 0. The molecule has 0 aromatic carbocycles. The molecule has 0 spiro atoms. The minimum Gasteiger partial charge on any atom is -0.305 e. The van der Waals surface area contributed by atoms with Crippen LogP contribution in [0, 0.1) is 0 Å². The van der Waals surface area contributed by atoms with E-state index in [0.717, 1.165) is 0 Å². The summed E-state index contributed by atoms with van der Waals surface area (Å²) in [5.74, 6) is 5.62. The average molecular weight is 118 g/mol. The van der Waals surface area contributed by atoms with Crippen molar-refractivity contribution in [1.29, 1.82) is 0 Å². The molecule has 1 unspecified atom stereocenters. The van der Waals surface area contributed by atoms with E-state index in [1.54, 1.807) is 11.6 Å². The van der Waals surface area contributed by atoms with Gasteiger partial charge in [0.15, 0.2) is 0 Å². The van der Waals surface area contributed by atoms with Crippen LogP contribution in [-0.4, -0.2) is 15.1 Å². The molecule has 1 rings (SSSR count). The highest BCUT2D eigenvalue weighted by Crippen LogP contribution is 1.96. The van der Waals surface area contributed by atoms with Crippen molar-refractivity contribution in [2.45, 2.75) is 0 Å². The molecule has 1 atom stereocenters. The van der Waals surface area contributed by atoms with Crippen molar-refractivity contribution in [3.63, 3.8) is 0 Å². The van der Waals surface area contributed by atoms with Gasteiger partial charge in [-0.1, -0.05) is 0 Å². The molecule has 0 saturated carbocycles. The lowest BCUT2D eigenvalue weighted by Crippen LogP contribution is -2.23. The van der Waals surface area contributed by atoms with Crippen LogP contribution >= 0.6 is 0 Å². The van der Waals surface area contributed by atoms with Crippen LogP contribution in [0.2, 0.25) is 0 Å². The largest absolute Gasteiger partial charge is 0.305 e. The molecule has 0 aromatic heterocycles. The van der Waals surface area contributed by atoms with Crippen molar-refractivity contribution >= 4 is 10.8 Å². The first-order valence-electron chi connectivity index (χ1n) is 1.86. The van der Waals surface area contributed by atoms with E-state index >= 15 is 0 Å². The number of hydrogen-bond donors (Lipinski definition) is 1. The smallest absolute Gasteiger partial charge is 0.113 e. The van der Waals surface area contributed by atoms with Gasteiger partial charge in [-0.25, -0.2) is 5.84 Å². The monoisotopic (exact) mass is 118 g/mol. The Morgan fingerprint density at radius 3 is 2.71 bits per heavy atom. The minimum atomic E-state index is -0.833. The fraction of sp³-hybridized carbons (Fsp3) is 0.333. The Kier molecular flexibility index (Phi) is 1.12. The standard InChI is InChI=1S/C3H6N2OS/c4-5-1-2-7(6)3-5/h1-2H,3-4H2. The molecule has 0 aromatic rings. The van der Waals surface area contributed by atoms with Crippen LogP contribution in [0.4, 0.5) is 0 Å². The van der Waals surface area contributed by atoms with Gasteiger partial charge in [0.25, 0.3) is 0 Å². The van der Waals surface area contributed by atoms with Gasteiger partial charge in [0.05, 0.1) is 10.8 Å². The number of nitrogens with zero attached hydrogens (tertiary/aromatic N) is 1. The van der Waals surface area contributed by atoms with Gasteiger partial charge in [0, 0.05) is 11.6 Å². The van der Waals surface area contributed by atoms with Crippen LogP contribution in [0.1, 0.15) is 0 Å². The molecule has 2 N–H and O–H groups in total. The summed E-state index contributed by atoms with van der Waals surface area (Å²) < 4.78 is 10.4. The number of hydrazine groups is 1.